The average Bonchev–Trinajstić information content (AvgIpc) is 2.59. The summed E-state index contributed by atoms with van der Waals surface area (Å²) in [5, 5.41) is 4.80. The normalized spacial score (nSPS) is 15.1. The number of imide groups is 1. The summed E-state index contributed by atoms with van der Waals surface area (Å²) in [6.07, 6.45) is 5.94. The van der Waals surface area contributed by atoms with Crippen LogP contribution in [0.25, 0.3) is 0 Å². The maximum Gasteiger partial charge on any atom is 0.339 e. The molecule has 3 amide bonds. The Balaban J connectivity index is 1.85. The van der Waals surface area contributed by atoms with Crippen LogP contribution in [0, 0.1) is 0 Å². The summed E-state index contributed by atoms with van der Waals surface area (Å²) in [5.41, 5.74) is -0.158. The molecule has 0 aliphatic heterocycles. The zero-order chi connectivity index (χ0) is 19.2. The highest BCUT2D eigenvalue weighted by atomic mass is 32.2. The molecule has 0 aromatic heterocycles. The smallest absolute Gasteiger partial charge is 0.339 e. The summed E-state index contributed by atoms with van der Waals surface area (Å²) in [6.45, 7) is -0.685. The first-order chi connectivity index (χ1) is 12.3. The zero-order valence-corrected chi connectivity index (χ0v) is 15.3. The van der Waals surface area contributed by atoms with E-state index in [0.29, 0.717) is 0 Å². The third-order valence-corrected chi connectivity index (χ3v) is 5.19. The molecule has 0 radical (unpaired) electrons. The van der Waals surface area contributed by atoms with E-state index < -0.39 is 34.4 Å². The Bertz CT molecular complexity index is 784. The largest absolute Gasteiger partial charge is 0.452 e. The Morgan fingerprint density at radius 3 is 2.42 bits per heavy atom. The number of carbonyl (C=O) groups is 3. The Labute approximate surface area is 152 Å². The van der Waals surface area contributed by atoms with E-state index in [4.69, 9.17) is 4.74 Å². The first-order valence-corrected chi connectivity index (χ1v) is 10.2. The highest BCUT2D eigenvalue weighted by molar-refractivity contribution is 7.90. The summed E-state index contributed by atoms with van der Waals surface area (Å²) in [4.78, 5) is 35.4. The van der Waals surface area contributed by atoms with Crippen LogP contribution < -0.4 is 10.6 Å². The standard InChI is InChI=1S/C17H22N2O6S/c1-26(23,24)14-10-6-5-9-13(14)16(21)25-11-15(20)19-17(22)18-12-7-3-2-4-8-12/h5-6,9-10,12H,2-4,7-8,11H2,1H3,(H2,18,19,20,22). The molecule has 0 spiro atoms. The van der Waals surface area contributed by atoms with Gasteiger partial charge in [0, 0.05) is 12.3 Å². The first-order valence-electron chi connectivity index (χ1n) is 8.34. The molecule has 9 heteroatoms. The molecule has 1 aliphatic carbocycles. The number of rotatable bonds is 5. The van der Waals surface area contributed by atoms with Crippen molar-refractivity contribution in [1.82, 2.24) is 10.6 Å². The van der Waals surface area contributed by atoms with Gasteiger partial charge in [-0.2, -0.15) is 0 Å². The van der Waals surface area contributed by atoms with Crippen molar-refractivity contribution in [2.75, 3.05) is 12.9 Å². The van der Waals surface area contributed by atoms with E-state index in [1.54, 1.807) is 0 Å². The molecular formula is C17H22N2O6S. The van der Waals surface area contributed by atoms with Crippen LogP contribution in [-0.2, 0) is 19.4 Å². The number of esters is 1. The van der Waals surface area contributed by atoms with Crippen molar-refractivity contribution in [3.8, 4) is 0 Å². The molecule has 1 saturated carbocycles. The van der Waals surface area contributed by atoms with Crippen molar-refractivity contribution in [3.63, 3.8) is 0 Å². The SMILES string of the molecule is CS(=O)(=O)c1ccccc1C(=O)OCC(=O)NC(=O)NC1CCCCC1. The number of hydrogen-bond acceptors (Lipinski definition) is 6. The number of hydrogen-bond donors (Lipinski definition) is 2. The van der Waals surface area contributed by atoms with Crippen LogP contribution in [0.2, 0.25) is 0 Å². The minimum Gasteiger partial charge on any atom is -0.452 e. The molecule has 0 unspecified atom stereocenters. The van der Waals surface area contributed by atoms with Crippen molar-refractivity contribution < 1.29 is 27.5 Å². The Morgan fingerprint density at radius 1 is 1.12 bits per heavy atom. The topological polar surface area (TPSA) is 119 Å². The number of carbonyl (C=O) groups excluding carboxylic acids is 3. The van der Waals surface area contributed by atoms with Gasteiger partial charge in [-0.05, 0) is 25.0 Å². The minimum atomic E-state index is -3.62. The predicted molar refractivity (Wildman–Crippen MR) is 93.4 cm³/mol. The Hall–Kier alpha value is -2.42. The lowest BCUT2D eigenvalue weighted by Gasteiger charge is -2.22. The lowest BCUT2D eigenvalue weighted by Crippen LogP contribution is -2.46. The molecule has 8 nitrogen and oxygen atoms in total. The van der Waals surface area contributed by atoms with E-state index in [1.165, 1.54) is 24.3 Å². The van der Waals surface area contributed by atoms with Crippen LogP contribution in [0.15, 0.2) is 29.2 Å². The molecule has 1 fully saturated rings. The van der Waals surface area contributed by atoms with Gasteiger partial charge in [-0.15, -0.1) is 0 Å². The van der Waals surface area contributed by atoms with Gasteiger partial charge in [0.05, 0.1) is 10.5 Å². The van der Waals surface area contributed by atoms with E-state index >= 15 is 0 Å². The quantitative estimate of drug-likeness (QED) is 0.743. The van der Waals surface area contributed by atoms with Crippen molar-refractivity contribution >= 4 is 27.7 Å². The average molecular weight is 382 g/mol. The van der Waals surface area contributed by atoms with E-state index in [0.717, 1.165) is 38.4 Å². The summed E-state index contributed by atoms with van der Waals surface area (Å²) in [6, 6.07) is 4.96. The minimum absolute atomic E-state index is 0.0424. The highest BCUT2D eigenvalue weighted by Gasteiger charge is 2.21. The molecule has 26 heavy (non-hydrogen) atoms. The molecular weight excluding hydrogens is 360 g/mol. The lowest BCUT2D eigenvalue weighted by molar-refractivity contribution is -0.123. The van der Waals surface area contributed by atoms with Crippen molar-refractivity contribution in [2.24, 2.45) is 0 Å². The third-order valence-electron chi connectivity index (χ3n) is 4.03. The second-order valence-corrected chi connectivity index (χ2v) is 8.19. The number of ether oxygens (including phenoxy) is 1. The molecule has 0 atom stereocenters. The summed E-state index contributed by atoms with van der Waals surface area (Å²) < 4.78 is 28.2. The van der Waals surface area contributed by atoms with Crippen LogP contribution in [-0.4, -0.2) is 45.2 Å². The summed E-state index contributed by atoms with van der Waals surface area (Å²) >= 11 is 0. The predicted octanol–water partition coefficient (Wildman–Crippen LogP) is 1.41. The molecule has 1 aliphatic rings. The van der Waals surface area contributed by atoms with Crippen LogP contribution in [0.5, 0.6) is 0 Å². The summed E-state index contributed by atoms with van der Waals surface area (Å²) in [5.74, 6) is -1.74. The summed E-state index contributed by atoms with van der Waals surface area (Å²) in [7, 11) is -3.62. The molecule has 2 N–H and O–H groups in total. The van der Waals surface area contributed by atoms with Gasteiger partial charge in [0.25, 0.3) is 5.91 Å². The number of nitrogens with one attached hydrogen (secondary N) is 2. The second-order valence-electron chi connectivity index (χ2n) is 6.20. The number of amides is 3. The fraction of sp³-hybridized carbons (Fsp3) is 0.471. The van der Waals surface area contributed by atoms with Crippen LogP contribution >= 0.6 is 0 Å². The van der Waals surface area contributed by atoms with Gasteiger partial charge in [-0.25, -0.2) is 18.0 Å². The molecule has 0 saturated heterocycles. The van der Waals surface area contributed by atoms with Gasteiger partial charge in [-0.3, -0.25) is 10.1 Å². The maximum atomic E-state index is 12.1. The van der Waals surface area contributed by atoms with E-state index in [9.17, 15) is 22.8 Å². The van der Waals surface area contributed by atoms with Crippen LogP contribution in [0.4, 0.5) is 4.79 Å². The van der Waals surface area contributed by atoms with Gasteiger partial charge in [0.15, 0.2) is 16.4 Å². The van der Waals surface area contributed by atoms with Gasteiger partial charge < -0.3 is 10.1 Å². The monoisotopic (exact) mass is 382 g/mol. The molecule has 2 rings (SSSR count). The number of benzene rings is 1. The van der Waals surface area contributed by atoms with Crippen LogP contribution in [0.1, 0.15) is 42.5 Å². The molecule has 1 aromatic carbocycles. The number of urea groups is 1. The third kappa shape index (κ3) is 5.83. The van der Waals surface area contributed by atoms with Gasteiger partial charge >= 0.3 is 12.0 Å². The fourth-order valence-corrected chi connectivity index (χ4v) is 3.68. The molecule has 0 heterocycles. The van der Waals surface area contributed by atoms with E-state index in [-0.39, 0.29) is 16.5 Å². The van der Waals surface area contributed by atoms with Crippen molar-refractivity contribution in [3.05, 3.63) is 29.8 Å². The maximum absolute atomic E-state index is 12.1. The van der Waals surface area contributed by atoms with Crippen molar-refractivity contribution in [1.29, 1.82) is 0 Å². The van der Waals surface area contributed by atoms with Gasteiger partial charge in [0.2, 0.25) is 0 Å². The molecule has 142 valence electrons. The second kappa shape index (κ2) is 8.79. The van der Waals surface area contributed by atoms with E-state index in [2.05, 4.69) is 10.6 Å². The Morgan fingerprint density at radius 2 is 1.77 bits per heavy atom. The lowest BCUT2D eigenvalue weighted by atomic mass is 9.96. The Kier molecular flexibility index (Phi) is 6.73. The number of sulfone groups is 1. The highest BCUT2D eigenvalue weighted by Crippen LogP contribution is 2.17. The fourth-order valence-electron chi connectivity index (χ4n) is 2.80. The van der Waals surface area contributed by atoms with Gasteiger partial charge in [0.1, 0.15) is 0 Å². The first kappa shape index (κ1) is 19.9. The van der Waals surface area contributed by atoms with Crippen molar-refractivity contribution in [2.45, 2.75) is 43.0 Å². The molecule has 0 bridgehead atoms. The van der Waals surface area contributed by atoms with Crippen LogP contribution in [0.3, 0.4) is 0 Å². The molecule has 1 aromatic rings. The van der Waals surface area contributed by atoms with Gasteiger partial charge in [-0.1, -0.05) is 31.4 Å². The van der Waals surface area contributed by atoms with E-state index in [1.807, 2.05) is 0 Å². The zero-order valence-electron chi connectivity index (χ0n) is 14.5.